The molecule has 1 unspecified atom stereocenters. The molecule has 23 nitrogen and oxygen atoms in total. The topological polar surface area (TPSA) is 280 Å². The third-order valence-corrected chi connectivity index (χ3v) is 13.4. The average molecular weight is 1130 g/mol. The molecule has 4 atom stereocenters. The third kappa shape index (κ3) is 18.3. The molecule has 5 heterocycles. The van der Waals surface area contributed by atoms with Crippen LogP contribution < -0.4 is 31.3 Å². The summed E-state index contributed by atoms with van der Waals surface area (Å²) in [5.74, 6) is -1.39. The van der Waals surface area contributed by atoms with Gasteiger partial charge in [0.05, 0.1) is 110 Å². The minimum absolute atomic E-state index is 0.00348. The Hall–Kier alpha value is -6.09. The largest absolute Gasteiger partial charge is 0.474 e. The van der Waals surface area contributed by atoms with Crippen molar-refractivity contribution in [1.82, 2.24) is 45.4 Å². The number of nitrogens with zero attached hydrogens (tertiary/aromatic N) is 6. The number of β-amino-alcohol motifs (C(OH)–C–C–N with tert-alkyl or cyclic N) is 1. The number of fused-ring (bicyclic) bond motifs is 1. The number of halogens is 2. The van der Waals surface area contributed by atoms with Gasteiger partial charge in [0.15, 0.2) is 10.8 Å². The highest BCUT2D eigenvalue weighted by molar-refractivity contribution is 7.13. The molecular weight excluding hydrogens is 1060 g/mol. The van der Waals surface area contributed by atoms with Crippen LogP contribution >= 0.6 is 34.5 Å². The van der Waals surface area contributed by atoms with Gasteiger partial charge < -0.3 is 65.0 Å². The van der Waals surface area contributed by atoms with E-state index in [1.165, 1.54) is 35.0 Å². The fourth-order valence-electron chi connectivity index (χ4n) is 7.96. The molecule has 6 N–H and O–H groups in total. The van der Waals surface area contributed by atoms with Crippen LogP contribution in [0.2, 0.25) is 10.2 Å². The number of anilines is 2. The van der Waals surface area contributed by atoms with Crippen molar-refractivity contribution < 1.29 is 57.5 Å². The molecule has 0 bridgehead atoms. The van der Waals surface area contributed by atoms with Crippen LogP contribution in [0.3, 0.4) is 0 Å². The number of thiazole rings is 1. The van der Waals surface area contributed by atoms with E-state index in [2.05, 4.69) is 46.6 Å². The van der Waals surface area contributed by atoms with Crippen LogP contribution in [0, 0.1) is 12.3 Å². The summed E-state index contributed by atoms with van der Waals surface area (Å²) < 4.78 is 34.9. The Balaban J connectivity index is 0.776. The van der Waals surface area contributed by atoms with Gasteiger partial charge in [-0.1, -0.05) is 68.2 Å². The SMILES string of the molecule is CO[C@@H](C)c1c(NC(=O)Nc2cc(Cl)cnc2OCCNC(=O)CCOCCOCCOCCOCCC(=O)N[C@H](C(=O)N2C[C@H](O)CC2C(=O)NCc2ccc(-c3scnc3C)cc2)C(C)(C)C)cnc2cc(Cl)nn12. The van der Waals surface area contributed by atoms with E-state index in [-0.39, 0.29) is 112 Å². The van der Waals surface area contributed by atoms with E-state index in [0.29, 0.717) is 36.8 Å². The number of hydrogen-bond donors (Lipinski definition) is 6. The highest BCUT2D eigenvalue weighted by Gasteiger charge is 2.44. The van der Waals surface area contributed by atoms with E-state index in [9.17, 15) is 29.1 Å². The second-order valence-corrected chi connectivity index (χ2v) is 20.5. The molecule has 0 spiro atoms. The van der Waals surface area contributed by atoms with Crippen LogP contribution in [0.1, 0.15) is 70.0 Å². The molecule has 4 aromatic heterocycles. The standard InChI is InChI=1S/C51H67Cl2N11O12S/c1-31-45(77-30-58-31)34-9-7-33(8-10-34)26-56-47(68)39-24-36(65)29-63(39)49(69)46(51(3,4)5)61-43(67)12-15-73-18-20-75-22-21-74-19-17-72-14-11-42(66)54-13-16-76-48-37(23-35(52)27-57-48)59-50(70)60-38-28-55-41-25-40(53)62-64(41)44(38)32(2)71-6/h7-10,23,25,27-28,30,32,36,39,46,65H,11-22,24,26,29H2,1-6H3,(H,54,66)(H,56,68)(H,61,67)(H2,59,60,70)/t32-,36+,39?,46+/m0/s1. The van der Waals surface area contributed by atoms with E-state index in [1.807, 2.05) is 52.0 Å². The van der Waals surface area contributed by atoms with Crippen molar-refractivity contribution in [3.8, 4) is 16.3 Å². The van der Waals surface area contributed by atoms with Crippen LogP contribution in [0.15, 0.2) is 54.3 Å². The smallest absolute Gasteiger partial charge is 0.323 e. The number of aliphatic hydroxyl groups excluding tert-OH is 1. The van der Waals surface area contributed by atoms with Gasteiger partial charge in [0.2, 0.25) is 29.5 Å². The van der Waals surface area contributed by atoms with Crippen molar-refractivity contribution in [3.05, 3.63) is 81.4 Å². The number of amides is 6. The molecule has 5 aromatic rings. The van der Waals surface area contributed by atoms with Crippen molar-refractivity contribution in [2.75, 3.05) is 90.3 Å². The molecule has 0 aliphatic carbocycles. The zero-order valence-corrected chi connectivity index (χ0v) is 46.2. The lowest BCUT2D eigenvalue weighted by Crippen LogP contribution is -2.57. The first-order chi connectivity index (χ1) is 36.9. The first kappa shape index (κ1) is 60.1. The molecule has 1 aromatic carbocycles. The van der Waals surface area contributed by atoms with Crippen molar-refractivity contribution in [1.29, 1.82) is 0 Å². The monoisotopic (exact) mass is 1130 g/mol. The molecule has 1 aliphatic rings. The van der Waals surface area contributed by atoms with Crippen LogP contribution in [0.4, 0.5) is 16.2 Å². The van der Waals surface area contributed by atoms with Gasteiger partial charge in [0.1, 0.15) is 24.4 Å². The predicted octanol–water partition coefficient (Wildman–Crippen LogP) is 5.37. The summed E-state index contributed by atoms with van der Waals surface area (Å²) in [4.78, 5) is 81.1. The number of benzene rings is 1. The molecule has 77 heavy (non-hydrogen) atoms. The van der Waals surface area contributed by atoms with Gasteiger partial charge in [0, 0.05) is 51.7 Å². The highest BCUT2D eigenvalue weighted by Crippen LogP contribution is 2.31. The molecule has 0 radical (unpaired) electrons. The number of carbonyl (C=O) groups is 5. The number of aliphatic hydroxyl groups is 1. The number of aromatic nitrogens is 5. The summed E-state index contributed by atoms with van der Waals surface area (Å²) in [5, 5.41) is 29.2. The zero-order chi connectivity index (χ0) is 55.5. The number of ether oxygens (including phenoxy) is 6. The molecular formula is C51H67Cl2N11O12S. The maximum Gasteiger partial charge on any atom is 0.323 e. The quantitative estimate of drug-likeness (QED) is 0.0329. The van der Waals surface area contributed by atoms with Crippen LogP contribution in [0.25, 0.3) is 16.1 Å². The first-order valence-electron chi connectivity index (χ1n) is 25.0. The van der Waals surface area contributed by atoms with E-state index in [1.54, 1.807) is 29.8 Å². The van der Waals surface area contributed by atoms with Crippen molar-refractivity contribution in [2.24, 2.45) is 5.41 Å². The number of urea groups is 1. The molecule has 0 saturated carbocycles. The number of aryl methyl sites for hydroxylation is 1. The van der Waals surface area contributed by atoms with Gasteiger partial charge in [-0.2, -0.15) is 5.10 Å². The summed E-state index contributed by atoms with van der Waals surface area (Å²) >= 11 is 13.8. The average Bonchev–Trinajstić information content (AvgIpc) is 4.13. The van der Waals surface area contributed by atoms with E-state index < -0.39 is 47.6 Å². The van der Waals surface area contributed by atoms with Gasteiger partial charge in [-0.25, -0.2) is 24.3 Å². The van der Waals surface area contributed by atoms with Gasteiger partial charge in [-0.3, -0.25) is 19.2 Å². The number of hydrogen-bond acceptors (Lipinski definition) is 17. The Morgan fingerprint density at radius 2 is 1.48 bits per heavy atom. The Kier molecular flexibility index (Phi) is 23.1. The van der Waals surface area contributed by atoms with Crippen molar-refractivity contribution >= 4 is 81.2 Å². The fourth-order valence-corrected chi connectivity index (χ4v) is 9.10. The Morgan fingerprint density at radius 1 is 0.831 bits per heavy atom. The Morgan fingerprint density at radius 3 is 2.12 bits per heavy atom. The number of carbonyl (C=O) groups excluding carboxylic acids is 5. The minimum atomic E-state index is -0.953. The zero-order valence-electron chi connectivity index (χ0n) is 43.9. The number of rotatable bonds is 29. The van der Waals surface area contributed by atoms with E-state index >= 15 is 0 Å². The summed E-state index contributed by atoms with van der Waals surface area (Å²) in [5.41, 5.74) is 5.48. The maximum absolute atomic E-state index is 13.9. The highest BCUT2D eigenvalue weighted by atomic mass is 35.5. The summed E-state index contributed by atoms with van der Waals surface area (Å²) in [7, 11) is 1.52. The van der Waals surface area contributed by atoms with Crippen LogP contribution in [-0.4, -0.2) is 162 Å². The number of likely N-dealkylation sites (tertiary alicyclic amines) is 1. The molecule has 1 aliphatic heterocycles. The van der Waals surface area contributed by atoms with Crippen LogP contribution in [0.5, 0.6) is 5.88 Å². The van der Waals surface area contributed by atoms with Gasteiger partial charge in [-0.15, -0.1) is 11.3 Å². The van der Waals surface area contributed by atoms with Gasteiger partial charge in [0.25, 0.3) is 0 Å². The summed E-state index contributed by atoms with van der Waals surface area (Å²) in [6, 6.07) is 8.40. The molecule has 418 valence electrons. The second kappa shape index (κ2) is 29.6. The first-order valence-corrected chi connectivity index (χ1v) is 26.6. The van der Waals surface area contributed by atoms with Gasteiger partial charge in [-0.05, 0) is 36.5 Å². The lowest BCUT2D eigenvalue weighted by Gasteiger charge is -2.35. The predicted molar refractivity (Wildman–Crippen MR) is 288 cm³/mol. The van der Waals surface area contributed by atoms with Gasteiger partial charge >= 0.3 is 6.03 Å². The normalized spacial score (nSPS) is 15.3. The number of pyridine rings is 1. The third-order valence-electron chi connectivity index (χ3n) is 12.0. The molecule has 6 amide bonds. The lowest BCUT2D eigenvalue weighted by atomic mass is 9.85. The molecule has 1 fully saturated rings. The fraction of sp³-hybridized carbons (Fsp3) is 0.510. The van der Waals surface area contributed by atoms with Crippen molar-refractivity contribution in [2.45, 2.75) is 84.7 Å². The molecule has 1 saturated heterocycles. The van der Waals surface area contributed by atoms with Crippen LogP contribution in [-0.2, 0) is 49.4 Å². The lowest BCUT2D eigenvalue weighted by molar-refractivity contribution is -0.144. The Bertz CT molecular complexity index is 2760. The molecule has 6 rings (SSSR count). The number of nitrogens with one attached hydrogen (secondary N) is 5. The van der Waals surface area contributed by atoms with E-state index in [0.717, 1.165) is 21.7 Å². The number of methoxy groups -OCH3 is 1. The van der Waals surface area contributed by atoms with E-state index in [4.69, 9.17) is 51.6 Å². The maximum atomic E-state index is 13.9. The second-order valence-electron chi connectivity index (χ2n) is 18.8. The minimum Gasteiger partial charge on any atom is -0.474 e. The summed E-state index contributed by atoms with van der Waals surface area (Å²) in [6.07, 6.45) is 1.67. The Labute approximate surface area is 460 Å². The van der Waals surface area contributed by atoms with Crippen molar-refractivity contribution in [3.63, 3.8) is 0 Å². The molecule has 26 heteroatoms. The summed E-state index contributed by atoms with van der Waals surface area (Å²) in [6.45, 7) is 11.6.